The summed E-state index contributed by atoms with van der Waals surface area (Å²) in [7, 11) is -3.62. The van der Waals surface area contributed by atoms with Crippen molar-refractivity contribution in [1.29, 1.82) is 0 Å². The molecule has 3 rings (SSSR count). The number of carbonyl (C=O) groups is 2. The number of esters is 1. The third-order valence-corrected chi connectivity index (χ3v) is 6.61. The fourth-order valence-electron chi connectivity index (χ4n) is 2.89. The van der Waals surface area contributed by atoms with Crippen LogP contribution in [0.3, 0.4) is 0 Å². The number of ether oxygens (including phenoxy) is 2. The third kappa shape index (κ3) is 7.18. The normalized spacial score (nSPS) is 11.0. The van der Waals surface area contributed by atoms with Gasteiger partial charge in [0.25, 0.3) is 5.91 Å². The summed E-state index contributed by atoms with van der Waals surface area (Å²) >= 11 is 0. The molecule has 0 saturated heterocycles. The first-order chi connectivity index (χ1) is 15.7. The minimum Gasteiger partial charge on any atom is -0.457 e. The number of carbonyl (C=O) groups excluding carboxylic acids is 2. The van der Waals surface area contributed by atoms with Gasteiger partial charge in [0.15, 0.2) is 16.4 Å². The van der Waals surface area contributed by atoms with E-state index in [1.165, 1.54) is 6.07 Å². The van der Waals surface area contributed by atoms with Gasteiger partial charge in [-0.2, -0.15) is 0 Å². The Balaban J connectivity index is 1.43. The molecule has 0 radical (unpaired) electrons. The summed E-state index contributed by atoms with van der Waals surface area (Å²) < 4.78 is 35.4. The largest absolute Gasteiger partial charge is 0.457 e. The van der Waals surface area contributed by atoms with Crippen molar-refractivity contribution < 1.29 is 27.5 Å². The molecule has 7 nitrogen and oxygen atoms in total. The van der Waals surface area contributed by atoms with Crippen LogP contribution in [-0.4, -0.2) is 32.7 Å². The van der Waals surface area contributed by atoms with E-state index in [4.69, 9.17) is 9.47 Å². The van der Waals surface area contributed by atoms with Crippen LogP contribution in [0.5, 0.6) is 11.5 Å². The van der Waals surface area contributed by atoms with Crippen LogP contribution in [0.4, 0.5) is 5.69 Å². The van der Waals surface area contributed by atoms with Crippen LogP contribution in [-0.2, 0) is 24.2 Å². The minimum absolute atomic E-state index is 0.163. The predicted molar refractivity (Wildman–Crippen MR) is 125 cm³/mol. The molecule has 0 heterocycles. The maximum absolute atomic E-state index is 12.4. The summed E-state index contributed by atoms with van der Waals surface area (Å²) in [5.41, 5.74) is 2.35. The fraction of sp³-hybridized carbons (Fsp3) is 0.200. The molecule has 0 unspecified atom stereocenters. The fourth-order valence-corrected chi connectivity index (χ4v) is 4.19. The Morgan fingerprint density at radius 2 is 1.52 bits per heavy atom. The highest BCUT2D eigenvalue weighted by Gasteiger charge is 2.18. The zero-order valence-electron chi connectivity index (χ0n) is 18.4. The Morgan fingerprint density at radius 1 is 0.848 bits per heavy atom. The number of hydrogen-bond acceptors (Lipinski definition) is 6. The molecule has 3 aromatic carbocycles. The van der Waals surface area contributed by atoms with Gasteiger partial charge in [0.05, 0.1) is 17.1 Å². The summed E-state index contributed by atoms with van der Waals surface area (Å²) in [6.07, 6.45) is -0.339. The van der Waals surface area contributed by atoms with Gasteiger partial charge in [-0.25, -0.2) is 8.42 Å². The number of nitrogens with one attached hydrogen (secondary N) is 1. The van der Waals surface area contributed by atoms with Crippen molar-refractivity contribution in [3.63, 3.8) is 0 Å². The smallest absolute Gasteiger partial charge is 0.307 e. The van der Waals surface area contributed by atoms with Crippen LogP contribution >= 0.6 is 0 Å². The summed E-state index contributed by atoms with van der Waals surface area (Å²) in [4.78, 5) is 24.1. The standard InChI is InChI=1S/C25H25NO6S/c1-18-8-13-23(16-19(18)2)33(29,30)15-14-25(28)31-17-24(27)26-20-9-11-22(12-10-20)32-21-6-4-3-5-7-21/h3-13,16H,14-15,17H2,1-2H3,(H,26,27). The first kappa shape index (κ1) is 24.0. The number of hydrogen-bond donors (Lipinski definition) is 1. The molecule has 0 saturated carbocycles. The highest BCUT2D eigenvalue weighted by Crippen LogP contribution is 2.22. The van der Waals surface area contributed by atoms with Gasteiger partial charge in [-0.15, -0.1) is 0 Å². The number of anilines is 1. The summed E-state index contributed by atoms with van der Waals surface area (Å²) in [5, 5.41) is 2.61. The topological polar surface area (TPSA) is 98.8 Å². The van der Waals surface area contributed by atoms with Gasteiger partial charge in [0, 0.05) is 5.69 Å². The number of rotatable bonds is 9. The van der Waals surface area contributed by atoms with E-state index < -0.39 is 34.1 Å². The minimum atomic E-state index is -3.62. The second kappa shape index (κ2) is 10.8. The van der Waals surface area contributed by atoms with Crippen molar-refractivity contribution in [3.8, 4) is 11.5 Å². The molecule has 0 atom stereocenters. The highest BCUT2D eigenvalue weighted by molar-refractivity contribution is 7.91. The molecule has 1 N–H and O–H groups in total. The molecule has 33 heavy (non-hydrogen) atoms. The van der Waals surface area contributed by atoms with Gasteiger partial charge in [0.1, 0.15) is 11.5 Å². The van der Waals surface area contributed by atoms with E-state index in [-0.39, 0.29) is 11.3 Å². The average molecular weight is 468 g/mol. The van der Waals surface area contributed by atoms with Crippen molar-refractivity contribution >= 4 is 27.4 Å². The summed E-state index contributed by atoms with van der Waals surface area (Å²) in [6, 6.07) is 20.8. The van der Waals surface area contributed by atoms with Gasteiger partial charge in [0.2, 0.25) is 0 Å². The zero-order chi connectivity index (χ0) is 23.8. The molecular formula is C25H25NO6S. The lowest BCUT2D eigenvalue weighted by Gasteiger charge is -2.09. The van der Waals surface area contributed by atoms with Crippen LogP contribution in [0.15, 0.2) is 77.7 Å². The monoisotopic (exact) mass is 467 g/mol. The van der Waals surface area contributed by atoms with Crippen LogP contribution in [0, 0.1) is 13.8 Å². The zero-order valence-corrected chi connectivity index (χ0v) is 19.2. The summed E-state index contributed by atoms with van der Waals surface area (Å²) in [6.45, 7) is 3.21. The first-order valence-electron chi connectivity index (χ1n) is 10.3. The quantitative estimate of drug-likeness (QED) is 0.467. The van der Waals surface area contributed by atoms with Gasteiger partial charge >= 0.3 is 5.97 Å². The maximum Gasteiger partial charge on any atom is 0.307 e. The van der Waals surface area contributed by atoms with Crippen LogP contribution in [0.2, 0.25) is 0 Å². The van der Waals surface area contributed by atoms with E-state index in [1.54, 1.807) is 36.4 Å². The molecule has 0 bridgehead atoms. The number of sulfone groups is 1. The average Bonchev–Trinajstić information content (AvgIpc) is 2.80. The van der Waals surface area contributed by atoms with Crippen LogP contribution in [0.25, 0.3) is 0 Å². The molecule has 8 heteroatoms. The molecular weight excluding hydrogens is 442 g/mol. The van der Waals surface area contributed by atoms with E-state index in [2.05, 4.69) is 5.32 Å². The second-order valence-corrected chi connectivity index (χ2v) is 9.57. The molecule has 0 aromatic heterocycles. The Hall–Kier alpha value is -3.65. The van der Waals surface area contributed by atoms with Crippen molar-refractivity contribution in [2.45, 2.75) is 25.2 Å². The third-order valence-electron chi connectivity index (χ3n) is 4.89. The Bertz CT molecular complexity index is 1220. The van der Waals surface area contributed by atoms with Gasteiger partial charge in [-0.1, -0.05) is 24.3 Å². The highest BCUT2D eigenvalue weighted by atomic mass is 32.2. The number of aryl methyl sites for hydroxylation is 2. The Kier molecular flexibility index (Phi) is 7.84. The lowest BCUT2D eigenvalue weighted by molar-refractivity contribution is -0.146. The molecule has 1 amide bonds. The van der Waals surface area contributed by atoms with E-state index in [9.17, 15) is 18.0 Å². The van der Waals surface area contributed by atoms with Crippen LogP contribution in [0.1, 0.15) is 17.5 Å². The SMILES string of the molecule is Cc1ccc(S(=O)(=O)CCC(=O)OCC(=O)Nc2ccc(Oc3ccccc3)cc2)cc1C. The molecule has 0 aliphatic carbocycles. The van der Waals surface area contributed by atoms with Crippen molar-refractivity contribution in [1.82, 2.24) is 0 Å². The summed E-state index contributed by atoms with van der Waals surface area (Å²) in [5.74, 6) is -0.378. The Morgan fingerprint density at radius 3 is 2.18 bits per heavy atom. The molecule has 172 valence electrons. The van der Waals surface area contributed by atoms with E-state index >= 15 is 0 Å². The van der Waals surface area contributed by atoms with E-state index in [1.807, 2.05) is 44.2 Å². The van der Waals surface area contributed by atoms with Gasteiger partial charge < -0.3 is 14.8 Å². The molecule has 3 aromatic rings. The van der Waals surface area contributed by atoms with Crippen molar-refractivity contribution in [3.05, 3.63) is 83.9 Å². The second-order valence-electron chi connectivity index (χ2n) is 7.46. The lowest BCUT2D eigenvalue weighted by atomic mass is 10.1. The first-order valence-corrected chi connectivity index (χ1v) is 12.0. The van der Waals surface area contributed by atoms with Gasteiger partial charge in [-0.3, -0.25) is 9.59 Å². The lowest BCUT2D eigenvalue weighted by Crippen LogP contribution is -2.22. The molecule has 0 fully saturated rings. The molecule has 0 spiro atoms. The van der Waals surface area contributed by atoms with Gasteiger partial charge in [-0.05, 0) is 73.5 Å². The van der Waals surface area contributed by atoms with Crippen molar-refractivity contribution in [2.75, 3.05) is 17.7 Å². The number of amides is 1. The number of benzene rings is 3. The van der Waals surface area contributed by atoms with Crippen molar-refractivity contribution in [2.24, 2.45) is 0 Å². The molecule has 0 aliphatic heterocycles. The predicted octanol–water partition coefficient (Wildman–Crippen LogP) is 4.44. The van der Waals surface area contributed by atoms with E-state index in [0.717, 1.165) is 11.1 Å². The van der Waals surface area contributed by atoms with Crippen LogP contribution < -0.4 is 10.1 Å². The number of para-hydroxylation sites is 1. The Labute approximate surface area is 193 Å². The maximum atomic E-state index is 12.4. The van der Waals surface area contributed by atoms with E-state index in [0.29, 0.717) is 17.2 Å². The molecule has 0 aliphatic rings.